The number of halogens is 2. The lowest BCUT2D eigenvalue weighted by molar-refractivity contribution is 0.421. The Morgan fingerprint density at radius 2 is 1.88 bits per heavy atom. The third kappa shape index (κ3) is 3.25. The molecule has 0 heterocycles. The van der Waals surface area contributed by atoms with E-state index in [9.17, 15) is 8.78 Å². The molecule has 0 amide bonds. The summed E-state index contributed by atoms with van der Waals surface area (Å²) in [6, 6.07) is 2.83. The van der Waals surface area contributed by atoms with Crippen molar-refractivity contribution in [1.29, 1.82) is 0 Å². The number of hydrogen-bond donors (Lipinski definition) is 1. The van der Waals surface area contributed by atoms with Gasteiger partial charge < -0.3 is 5.32 Å². The fourth-order valence-electron chi connectivity index (χ4n) is 1.93. The summed E-state index contributed by atoms with van der Waals surface area (Å²) in [6.45, 7) is 9.21. The van der Waals surface area contributed by atoms with Crippen molar-refractivity contribution in [2.24, 2.45) is 5.92 Å². The van der Waals surface area contributed by atoms with E-state index in [1.54, 1.807) is 6.92 Å². The average molecular weight is 241 g/mol. The Hall–Kier alpha value is -0.960. The zero-order valence-corrected chi connectivity index (χ0v) is 11.0. The molecule has 0 fully saturated rings. The van der Waals surface area contributed by atoms with Gasteiger partial charge in [0.2, 0.25) is 0 Å². The summed E-state index contributed by atoms with van der Waals surface area (Å²) in [6.07, 6.45) is 0. The van der Waals surface area contributed by atoms with Gasteiger partial charge in [0.15, 0.2) is 0 Å². The van der Waals surface area contributed by atoms with Crippen LogP contribution in [0.3, 0.4) is 0 Å². The van der Waals surface area contributed by atoms with Crippen molar-refractivity contribution in [3.63, 3.8) is 0 Å². The first kappa shape index (κ1) is 14.1. The van der Waals surface area contributed by atoms with Gasteiger partial charge in [0.25, 0.3) is 0 Å². The van der Waals surface area contributed by atoms with E-state index < -0.39 is 11.6 Å². The number of nitrogens with one attached hydrogen (secondary N) is 1. The average Bonchev–Trinajstić information content (AvgIpc) is 2.31. The Morgan fingerprint density at radius 1 is 1.24 bits per heavy atom. The third-order valence-electron chi connectivity index (χ3n) is 3.34. The molecule has 0 aliphatic carbocycles. The highest BCUT2D eigenvalue weighted by Crippen LogP contribution is 2.29. The fraction of sp³-hybridized carbons (Fsp3) is 0.571. The lowest BCUT2D eigenvalue weighted by atomic mass is 9.87. The summed E-state index contributed by atoms with van der Waals surface area (Å²) in [4.78, 5) is 0. The fourth-order valence-corrected chi connectivity index (χ4v) is 1.93. The largest absolute Gasteiger partial charge is 0.317 e. The molecular weight excluding hydrogens is 220 g/mol. The van der Waals surface area contributed by atoms with Crippen LogP contribution in [-0.4, -0.2) is 13.1 Å². The summed E-state index contributed by atoms with van der Waals surface area (Å²) in [5.41, 5.74) is 0.722. The molecule has 96 valence electrons. The maximum absolute atomic E-state index is 13.9. The summed E-state index contributed by atoms with van der Waals surface area (Å²) < 4.78 is 27.6. The van der Waals surface area contributed by atoms with Crippen LogP contribution in [0.25, 0.3) is 0 Å². The van der Waals surface area contributed by atoms with E-state index >= 15 is 0 Å². The van der Waals surface area contributed by atoms with Crippen molar-refractivity contribution < 1.29 is 8.78 Å². The van der Waals surface area contributed by atoms with Crippen molar-refractivity contribution in [2.75, 3.05) is 13.1 Å². The second-order valence-corrected chi connectivity index (χ2v) is 4.67. The molecule has 0 aliphatic heterocycles. The van der Waals surface area contributed by atoms with Crippen LogP contribution in [0.15, 0.2) is 12.1 Å². The molecule has 2 atom stereocenters. The highest BCUT2D eigenvalue weighted by molar-refractivity contribution is 5.29. The molecule has 1 rings (SSSR count). The van der Waals surface area contributed by atoms with Crippen molar-refractivity contribution >= 4 is 0 Å². The zero-order valence-electron chi connectivity index (χ0n) is 11.0. The van der Waals surface area contributed by atoms with Crippen molar-refractivity contribution in [2.45, 2.75) is 33.6 Å². The molecule has 17 heavy (non-hydrogen) atoms. The van der Waals surface area contributed by atoms with Crippen LogP contribution in [0, 0.1) is 24.5 Å². The summed E-state index contributed by atoms with van der Waals surface area (Å²) >= 11 is 0. The van der Waals surface area contributed by atoms with E-state index in [0.29, 0.717) is 5.56 Å². The topological polar surface area (TPSA) is 12.0 Å². The van der Waals surface area contributed by atoms with Crippen LogP contribution < -0.4 is 5.32 Å². The Kier molecular flexibility index (Phi) is 5.06. The number of benzene rings is 1. The molecule has 0 aromatic heterocycles. The van der Waals surface area contributed by atoms with Crippen LogP contribution in [0.4, 0.5) is 8.78 Å². The van der Waals surface area contributed by atoms with Gasteiger partial charge in [-0.1, -0.05) is 26.8 Å². The monoisotopic (exact) mass is 241 g/mol. The lowest BCUT2D eigenvalue weighted by Gasteiger charge is -2.22. The molecular formula is C14H21F2N. The van der Waals surface area contributed by atoms with Crippen LogP contribution in [-0.2, 0) is 0 Å². The minimum absolute atomic E-state index is 0.131. The van der Waals surface area contributed by atoms with E-state index in [1.165, 1.54) is 12.1 Å². The molecule has 1 nitrogen and oxygen atoms in total. The molecule has 0 saturated carbocycles. The van der Waals surface area contributed by atoms with Crippen molar-refractivity contribution in [3.05, 3.63) is 34.9 Å². The maximum atomic E-state index is 13.9. The molecule has 0 saturated heterocycles. The highest BCUT2D eigenvalue weighted by atomic mass is 19.1. The summed E-state index contributed by atoms with van der Waals surface area (Å²) in [5, 5.41) is 3.21. The minimum atomic E-state index is -0.441. The Labute approximate surface area is 102 Å². The van der Waals surface area contributed by atoms with Crippen molar-refractivity contribution in [1.82, 2.24) is 5.32 Å². The number of aryl methyl sites for hydroxylation is 1. The Balaban J connectivity index is 2.95. The smallest absolute Gasteiger partial charge is 0.132 e. The minimum Gasteiger partial charge on any atom is -0.317 e. The molecule has 1 aromatic rings. The van der Waals surface area contributed by atoms with E-state index in [4.69, 9.17) is 0 Å². The van der Waals surface area contributed by atoms with Gasteiger partial charge in [0.1, 0.15) is 11.6 Å². The maximum Gasteiger partial charge on any atom is 0.132 e. The van der Waals surface area contributed by atoms with Gasteiger partial charge in [0.05, 0.1) is 0 Å². The van der Waals surface area contributed by atoms with Gasteiger partial charge in [-0.25, -0.2) is 8.78 Å². The number of hydrogen-bond acceptors (Lipinski definition) is 1. The van der Waals surface area contributed by atoms with Crippen LogP contribution in [0.1, 0.15) is 37.8 Å². The third-order valence-corrected chi connectivity index (χ3v) is 3.34. The quantitative estimate of drug-likeness (QED) is 0.830. The molecule has 0 radical (unpaired) electrons. The van der Waals surface area contributed by atoms with Crippen molar-refractivity contribution in [3.8, 4) is 0 Å². The molecule has 1 N–H and O–H groups in total. The molecule has 2 unspecified atom stereocenters. The van der Waals surface area contributed by atoms with E-state index in [2.05, 4.69) is 5.32 Å². The number of rotatable bonds is 5. The van der Waals surface area contributed by atoms with Crippen LogP contribution in [0.2, 0.25) is 0 Å². The molecule has 0 spiro atoms. The molecule has 0 bridgehead atoms. The second-order valence-electron chi connectivity index (χ2n) is 4.67. The predicted molar refractivity (Wildman–Crippen MR) is 67.2 cm³/mol. The molecule has 1 aromatic carbocycles. The van der Waals surface area contributed by atoms with E-state index in [0.717, 1.165) is 13.1 Å². The summed E-state index contributed by atoms with van der Waals surface area (Å²) in [7, 11) is 0. The predicted octanol–water partition coefficient (Wildman–Crippen LogP) is 3.62. The first-order chi connectivity index (χ1) is 7.99. The van der Waals surface area contributed by atoms with Crippen LogP contribution in [0.5, 0.6) is 0 Å². The Bertz CT molecular complexity index is 377. The molecule has 3 heteroatoms. The van der Waals surface area contributed by atoms with Gasteiger partial charge in [-0.15, -0.1) is 0 Å². The van der Waals surface area contributed by atoms with E-state index in [-0.39, 0.29) is 17.4 Å². The second kappa shape index (κ2) is 6.10. The zero-order chi connectivity index (χ0) is 13.0. The first-order valence-electron chi connectivity index (χ1n) is 6.14. The van der Waals surface area contributed by atoms with Gasteiger partial charge in [-0.2, -0.15) is 0 Å². The van der Waals surface area contributed by atoms with Gasteiger partial charge in [-0.3, -0.25) is 0 Å². The Morgan fingerprint density at radius 3 is 2.47 bits per heavy atom. The SMILES string of the molecule is CCNCC(C)C(C)c1c(F)ccc(C)c1F. The highest BCUT2D eigenvalue weighted by Gasteiger charge is 2.22. The van der Waals surface area contributed by atoms with Gasteiger partial charge >= 0.3 is 0 Å². The van der Waals surface area contributed by atoms with Crippen LogP contribution >= 0.6 is 0 Å². The lowest BCUT2D eigenvalue weighted by Crippen LogP contribution is -2.25. The summed E-state index contributed by atoms with van der Waals surface area (Å²) in [5.74, 6) is -0.778. The first-order valence-corrected chi connectivity index (χ1v) is 6.14. The molecule has 0 aliphatic rings. The standard InChI is InChI=1S/C14H21F2N/c1-5-17-8-10(3)11(4)13-12(15)7-6-9(2)14(13)16/h6-7,10-11,17H,5,8H2,1-4H3. The normalized spacial score (nSPS) is 14.7. The van der Waals surface area contributed by atoms with E-state index in [1.807, 2.05) is 20.8 Å². The van der Waals surface area contributed by atoms with Gasteiger partial charge in [0, 0.05) is 5.56 Å². The van der Waals surface area contributed by atoms with Gasteiger partial charge in [-0.05, 0) is 43.5 Å².